The fraction of sp³-hybridized carbons (Fsp3) is 0.500. The largest absolute Gasteiger partial charge is 0.441 e. The van der Waals surface area contributed by atoms with Crippen LogP contribution in [-0.2, 0) is 0 Å². The van der Waals surface area contributed by atoms with Crippen LogP contribution in [0, 0.1) is 5.92 Å². The van der Waals surface area contributed by atoms with Gasteiger partial charge in [-0.2, -0.15) is 0 Å². The Balaban J connectivity index is 1.12. The van der Waals surface area contributed by atoms with Gasteiger partial charge in [0.2, 0.25) is 0 Å². The maximum absolute atomic E-state index is 11.9. The maximum atomic E-state index is 11.9. The third-order valence-electron chi connectivity index (χ3n) is 5.54. The van der Waals surface area contributed by atoms with E-state index >= 15 is 0 Å². The number of para-hydroxylation sites is 1. The molecule has 1 amide bonds. The Kier molecular flexibility index (Phi) is 5.20. The van der Waals surface area contributed by atoms with Crippen LogP contribution in [0.5, 0.6) is 0 Å². The summed E-state index contributed by atoms with van der Waals surface area (Å²) in [6.07, 6.45) is 6.27. The zero-order valence-corrected chi connectivity index (χ0v) is 15.0. The van der Waals surface area contributed by atoms with Crippen molar-refractivity contribution in [2.24, 2.45) is 5.92 Å². The monoisotopic (exact) mass is 354 g/mol. The molecule has 0 atom stereocenters. The van der Waals surface area contributed by atoms with E-state index in [-0.39, 0.29) is 17.8 Å². The van der Waals surface area contributed by atoms with Crippen molar-refractivity contribution in [3.8, 4) is 0 Å². The molecule has 1 saturated carbocycles. The van der Waals surface area contributed by atoms with Crippen LogP contribution in [0.3, 0.4) is 0 Å². The molecule has 2 aliphatic rings. The smallest absolute Gasteiger partial charge is 0.307 e. The lowest BCUT2D eigenvalue weighted by atomic mass is 9.78. The van der Waals surface area contributed by atoms with Crippen LogP contribution in [-0.4, -0.2) is 54.6 Å². The van der Waals surface area contributed by atoms with E-state index in [9.17, 15) is 4.79 Å². The number of aromatic nitrogens is 1. The first kappa shape index (κ1) is 17.1. The summed E-state index contributed by atoms with van der Waals surface area (Å²) in [5, 5.41) is 3.00. The lowest BCUT2D eigenvalue weighted by molar-refractivity contribution is 0.0842. The van der Waals surface area contributed by atoms with Gasteiger partial charge in [-0.25, -0.2) is 4.98 Å². The molecule has 138 valence electrons. The lowest BCUT2D eigenvalue weighted by Gasteiger charge is -2.39. The van der Waals surface area contributed by atoms with Crippen LogP contribution in [0.15, 0.2) is 47.2 Å². The Bertz CT molecular complexity index is 690. The van der Waals surface area contributed by atoms with Crippen LogP contribution < -0.4 is 10.2 Å². The first-order chi connectivity index (χ1) is 12.8. The van der Waals surface area contributed by atoms with Crippen molar-refractivity contribution in [1.82, 2.24) is 15.2 Å². The van der Waals surface area contributed by atoms with Crippen molar-refractivity contribution in [3.05, 3.63) is 48.7 Å². The number of amides is 1. The van der Waals surface area contributed by atoms with Crippen molar-refractivity contribution < 1.29 is 9.21 Å². The SMILES string of the molecule is O=C(NC1CC(CCN2CCN(c3ccccc3)CC2)C1)c1ncco1. The minimum absolute atomic E-state index is 0.157. The van der Waals surface area contributed by atoms with Gasteiger partial charge in [-0.15, -0.1) is 0 Å². The highest BCUT2D eigenvalue weighted by Crippen LogP contribution is 2.31. The van der Waals surface area contributed by atoms with Gasteiger partial charge in [0.05, 0.1) is 6.20 Å². The van der Waals surface area contributed by atoms with Crippen LogP contribution >= 0.6 is 0 Å². The van der Waals surface area contributed by atoms with Crippen LogP contribution in [0.25, 0.3) is 0 Å². The highest BCUT2D eigenvalue weighted by atomic mass is 16.3. The molecule has 0 bridgehead atoms. The van der Waals surface area contributed by atoms with E-state index in [2.05, 4.69) is 50.4 Å². The molecular formula is C20H26N4O2. The van der Waals surface area contributed by atoms with Crippen molar-refractivity contribution in [2.45, 2.75) is 25.3 Å². The van der Waals surface area contributed by atoms with Gasteiger partial charge in [0.1, 0.15) is 6.26 Å². The fourth-order valence-corrected chi connectivity index (χ4v) is 3.91. The number of hydrogen-bond acceptors (Lipinski definition) is 5. The maximum Gasteiger partial charge on any atom is 0.307 e. The van der Waals surface area contributed by atoms with Gasteiger partial charge < -0.3 is 14.6 Å². The number of oxazole rings is 1. The molecule has 6 nitrogen and oxygen atoms in total. The van der Waals surface area contributed by atoms with E-state index in [4.69, 9.17) is 4.42 Å². The second-order valence-electron chi connectivity index (χ2n) is 7.30. The van der Waals surface area contributed by atoms with Gasteiger partial charge in [-0.1, -0.05) is 18.2 Å². The Morgan fingerprint density at radius 1 is 1.15 bits per heavy atom. The number of hydrogen-bond donors (Lipinski definition) is 1. The van der Waals surface area contributed by atoms with Crippen molar-refractivity contribution in [3.63, 3.8) is 0 Å². The molecule has 1 aliphatic carbocycles. The summed E-state index contributed by atoms with van der Waals surface area (Å²) in [7, 11) is 0. The molecule has 0 radical (unpaired) electrons. The summed E-state index contributed by atoms with van der Waals surface area (Å²) in [6.45, 7) is 5.62. The summed E-state index contributed by atoms with van der Waals surface area (Å²) < 4.78 is 5.03. The van der Waals surface area contributed by atoms with E-state index < -0.39 is 0 Å². The molecule has 1 aromatic heterocycles. The second kappa shape index (κ2) is 7.91. The fourth-order valence-electron chi connectivity index (χ4n) is 3.91. The molecule has 0 unspecified atom stereocenters. The van der Waals surface area contributed by atoms with Crippen LogP contribution in [0.4, 0.5) is 5.69 Å². The zero-order valence-electron chi connectivity index (χ0n) is 15.0. The van der Waals surface area contributed by atoms with Crippen molar-refractivity contribution >= 4 is 11.6 Å². The van der Waals surface area contributed by atoms with Crippen molar-refractivity contribution in [2.75, 3.05) is 37.6 Å². The van der Waals surface area contributed by atoms with Gasteiger partial charge in [-0.3, -0.25) is 9.69 Å². The Morgan fingerprint density at radius 2 is 1.92 bits per heavy atom. The summed E-state index contributed by atoms with van der Waals surface area (Å²) in [5.41, 5.74) is 1.33. The minimum Gasteiger partial charge on any atom is -0.441 e. The van der Waals surface area contributed by atoms with Gasteiger partial charge in [0.25, 0.3) is 5.89 Å². The average molecular weight is 354 g/mol. The Labute approximate surface area is 154 Å². The van der Waals surface area contributed by atoms with Gasteiger partial charge in [0, 0.05) is 37.9 Å². The molecule has 6 heteroatoms. The molecule has 0 spiro atoms. The molecule has 1 saturated heterocycles. The molecule has 26 heavy (non-hydrogen) atoms. The number of nitrogens with zero attached hydrogens (tertiary/aromatic N) is 3. The molecule has 2 heterocycles. The van der Waals surface area contributed by atoms with Crippen LogP contribution in [0.2, 0.25) is 0 Å². The van der Waals surface area contributed by atoms with E-state index in [0.717, 1.165) is 51.5 Å². The zero-order chi connectivity index (χ0) is 17.8. The first-order valence-corrected chi connectivity index (χ1v) is 9.50. The van der Waals surface area contributed by atoms with E-state index in [1.165, 1.54) is 24.6 Å². The number of carbonyl (C=O) groups is 1. The summed E-state index contributed by atoms with van der Waals surface area (Å²) in [6, 6.07) is 10.9. The quantitative estimate of drug-likeness (QED) is 0.863. The number of rotatable bonds is 6. The Hall–Kier alpha value is -2.34. The predicted molar refractivity (Wildman–Crippen MR) is 100 cm³/mol. The van der Waals surface area contributed by atoms with E-state index in [0.29, 0.717) is 0 Å². The number of nitrogens with one attached hydrogen (secondary N) is 1. The third-order valence-corrected chi connectivity index (χ3v) is 5.54. The minimum atomic E-state index is -0.199. The molecule has 2 aromatic rings. The number of piperazine rings is 1. The number of carbonyl (C=O) groups excluding carboxylic acids is 1. The summed E-state index contributed by atoms with van der Waals surface area (Å²) >= 11 is 0. The molecular weight excluding hydrogens is 328 g/mol. The van der Waals surface area contributed by atoms with E-state index in [1.54, 1.807) is 0 Å². The van der Waals surface area contributed by atoms with Crippen LogP contribution in [0.1, 0.15) is 29.9 Å². The molecule has 1 aromatic carbocycles. The lowest BCUT2D eigenvalue weighted by Crippen LogP contribution is -2.48. The average Bonchev–Trinajstić information content (AvgIpc) is 3.19. The molecule has 1 N–H and O–H groups in total. The Morgan fingerprint density at radius 3 is 2.62 bits per heavy atom. The third kappa shape index (κ3) is 4.07. The second-order valence-corrected chi connectivity index (χ2v) is 7.30. The van der Waals surface area contributed by atoms with E-state index in [1.807, 2.05) is 0 Å². The van der Waals surface area contributed by atoms with Gasteiger partial charge in [-0.05, 0) is 43.9 Å². The van der Waals surface area contributed by atoms with Crippen molar-refractivity contribution in [1.29, 1.82) is 0 Å². The van der Waals surface area contributed by atoms with Gasteiger partial charge >= 0.3 is 5.91 Å². The summed E-state index contributed by atoms with van der Waals surface area (Å²) in [5.74, 6) is 0.678. The predicted octanol–water partition coefficient (Wildman–Crippen LogP) is 2.40. The normalized spacial score (nSPS) is 23.5. The summed E-state index contributed by atoms with van der Waals surface area (Å²) in [4.78, 5) is 20.8. The number of anilines is 1. The highest BCUT2D eigenvalue weighted by molar-refractivity contribution is 5.89. The topological polar surface area (TPSA) is 61.6 Å². The standard InChI is InChI=1S/C20H26N4O2/c25-19(20-21-7-13-26-20)22-17-14-16(15-17)6-8-23-9-11-24(12-10-23)18-4-2-1-3-5-18/h1-5,7,13,16-17H,6,8-12,14-15H2,(H,22,25). The highest BCUT2D eigenvalue weighted by Gasteiger charge is 2.31. The first-order valence-electron chi connectivity index (χ1n) is 9.50. The molecule has 2 fully saturated rings. The van der Waals surface area contributed by atoms with Gasteiger partial charge in [0.15, 0.2) is 0 Å². The molecule has 4 rings (SSSR count). The molecule has 1 aliphatic heterocycles. The number of benzene rings is 1.